The first-order valence-corrected chi connectivity index (χ1v) is 7.30. The highest BCUT2D eigenvalue weighted by molar-refractivity contribution is 7.90. The number of sulfone groups is 1. The summed E-state index contributed by atoms with van der Waals surface area (Å²) in [5.41, 5.74) is 4.88. The smallest absolute Gasteiger partial charge is 0.158 e. The fourth-order valence-electron chi connectivity index (χ4n) is 2.68. The third-order valence-corrected chi connectivity index (χ3v) is 4.92. The Balaban J connectivity index is 2.12. The number of fused-ring (bicyclic) bond motifs is 2. The maximum Gasteiger partial charge on any atom is 0.158 e. The van der Waals surface area contributed by atoms with Crippen molar-refractivity contribution in [1.29, 1.82) is 0 Å². The molecule has 2 nitrogen and oxygen atoms in total. The van der Waals surface area contributed by atoms with Gasteiger partial charge in [-0.3, -0.25) is 0 Å². The van der Waals surface area contributed by atoms with Crippen LogP contribution in [0.5, 0.6) is 0 Å². The van der Waals surface area contributed by atoms with Crippen molar-refractivity contribution >= 4 is 9.84 Å². The summed E-state index contributed by atoms with van der Waals surface area (Å²) in [5, 5.41) is 0. The maximum atomic E-state index is 11.5. The molecule has 0 N–H and O–H groups in total. The molecule has 2 aliphatic rings. The van der Waals surface area contributed by atoms with Gasteiger partial charge < -0.3 is 0 Å². The van der Waals surface area contributed by atoms with Crippen LogP contribution >= 0.6 is 0 Å². The van der Waals surface area contributed by atoms with Gasteiger partial charge in [0.2, 0.25) is 0 Å². The second-order valence-corrected chi connectivity index (χ2v) is 6.69. The third-order valence-electron chi connectivity index (χ3n) is 3.41. The molecule has 1 heterocycles. The summed E-state index contributed by atoms with van der Waals surface area (Å²) in [6, 6.07) is 4.27. The highest BCUT2D eigenvalue weighted by atomic mass is 32.2. The molecule has 0 radical (unpaired) electrons. The van der Waals surface area contributed by atoms with E-state index in [2.05, 4.69) is 12.1 Å². The van der Waals surface area contributed by atoms with Gasteiger partial charge >= 0.3 is 0 Å². The lowest BCUT2D eigenvalue weighted by molar-refractivity contribution is 0.598. The molecule has 1 aliphatic carbocycles. The first-order chi connectivity index (χ1) is 7.14. The molecule has 0 saturated heterocycles. The summed E-state index contributed by atoms with van der Waals surface area (Å²) < 4.78 is 23.0. The van der Waals surface area contributed by atoms with Gasteiger partial charge in [-0.2, -0.15) is 0 Å². The number of hydrogen-bond donors (Lipinski definition) is 0. The van der Waals surface area contributed by atoms with Crippen molar-refractivity contribution in [3.63, 3.8) is 0 Å². The van der Waals surface area contributed by atoms with E-state index < -0.39 is 9.84 Å². The zero-order valence-corrected chi connectivity index (χ0v) is 9.44. The van der Waals surface area contributed by atoms with E-state index in [9.17, 15) is 8.42 Å². The molecule has 0 spiro atoms. The van der Waals surface area contributed by atoms with Gasteiger partial charge in [-0.15, -0.1) is 0 Å². The Morgan fingerprint density at radius 1 is 0.800 bits per heavy atom. The number of aryl methyl sites for hydroxylation is 2. The van der Waals surface area contributed by atoms with Crippen molar-refractivity contribution in [2.45, 2.75) is 37.2 Å². The Labute approximate surface area is 90.2 Å². The number of benzene rings is 1. The van der Waals surface area contributed by atoms with Gasteiger partial charge in [-0.25, -0.2) is 8.42 Å². The van der Waals surface area contributed by atoms with Gasteiger partial charge in [0.15, 0.2) is 9.84 Å². The Morgan fingerprint density at radius 3 is 1.73 bits per heavy atom. The summed E-state index contributed by atoms with van der Waals surface area (Å²) in [7, 11) is -2.83. The second-order valence-electron chi connectivity index (χ2n) is 4.63. The zero-order chi connectivity index (χ0) is 10.5. The van der Waals surface area contributed by atoms with E-state index in [1.54, 1.807) is 0 Å². The average molecular weight is 222 g/mol. The topological polar surface area (TPSA) is 34.1 Å². The van der Waals surface area contributed by atoms with Crippen LogP contribution < -0.4 is 0 Å². The Hall–Kier alpha value is -0.830. The Morgan fingerprint density at radius 2 is 1.27 bits per heavy atom. The molecule has 0 aromatic heterocycles. The van der Waals surface area contributed by atoms with Gasteiger partial charge in [-0.1, -0.05) is 12.1 Å². The molecule has 0 bridgehead atoms. The molecule has 1 aromatic rings. The van der Waals surface area contributed by atoms with Crippen LogP contribution in [-0.4, -0.2) is 8.42 Å². The second kappa shape index (κ2) is 3.08. The van der Waals surface area contributed by atoms with Crippen LogP contribution in [0, 0.1) is 0 Å². The molecule has 0 amide bonds. The summed E-state index contributed by atoms with van der Waals surface area (Å²) >= 11 is 0. The molecule has 80 valence electrons. The fraction of sp³-hybridized carbons (Fsp3) is 0.500. The zero-order valence-electron chi connectivity index (χ0n) is 8.62. The maximum absolute atomic E-state index is 11.5. The highest BCUT2D eigenvalue weighted by Crippen LogP contribution is 2.31. The van der Waals surface area contributed by atoms with Gasteiger partial charge in [0, 0.05) is 0 Å². The molecule has 1 aromatic carbocycles. The van der Waals surface area contributed by atoms with Gasteiger partial charge in [0.25, 0.3) is 0 Å². The van der Waals surface area contributed by atoms with Crippen LogP contribution in [0.2, 0.25) is 0 Å². The van der Waals surface area contributed by atoms with E-state index in [-0.39, 0.29) is 11.5 Å². The van der Waals surface area contributed by atoms with Gasteiger partial charge in [-0.05, 0) is 47.9 Å². The predicted molar refractivity (Wildman–Crippen MR) is 59.4 cm³/mol. The predicted octanol–water partition coefficient (Wildman–Crippen LogP) is 1.99. The first-order valence-electron chi connectivity index (χ1n) is 5.48. The Bertz CT molecular complexity index is 474. The molecular formula is C12H14O2S. The third kappa shape index (κ3) is 1.59. The monoisotopic (exact) mass is 222 g/mol. The van der Waals surface area contributed by atoms with Crippen LogP contribution in [-0.2, 0) is 34.2 Å². The van der Waals surface area contributed by atoms with Crippen LogP contribution in [0.4, 0.5) is 0 Å². The van der Waals surface area contributed by atoms with Crippen LogP contribution in [0.3, 0.4) is 0 Å². The van der Waals surface area contributed by atoms with Gasteiger partial charge in [0.1, 0.15) is 0 Å². The minimum Gasteiger partial charge on any atom is -0.228 e. The van der Waals surface area contributed by atoms with Crippen molar-refractivity contribution in [1.82, 2.24) is 0 Å². The molecule has 3 heteroatoms. The standard InChI is InChI=1S/C12H14O2S/c13-15(14)7-11-5-9-3-1-2-4-10(9)6-12(11)8-15/h5-6H,1-4,7-8H2. The van der Waals surface area contributed by atoms with Crippen molar-refractivity contribution in [3.8, 4) is 0 Å². The van der Waals surface area contributed by atoms with Crippen molar-refractivity contribution < 1.29 is 8.42 Å². The molecule has 0 fully saturated rings. The number of hydrogen-bond acceptors (Lipinski definition) is 2. The minimum atomic E-state index is -2.83. The number of rotatable bonds is 0. The molecular weight excluding hydrogens is 208 g/mol. The summed E-state index contributed by atoms with van der Waals surface area (Å²) in [4.78, 5) is 0. The largest absolute Gasteiger partial charge is 0.228 e. The highest BCUT2D eigenvalue weighted by Gasteiger charge is 2.26. The molecule has 15 heavy (non-hydrogen) atoms. The first kappa shape index (κ1) is 9.40. The molecule has 0 unspecified atom stereocenters. The molecule has 0 saturated carbocycles. The van der Waals surface area contributed by atoms with E-state index in [1.807, 2.05) is 0 Å². The summed E-state index contributed by atoms with van der Waals surface area (Å²) in [6.07, 6.45) is 4.75. The normalized spacial score (nSPS) is 22.1. The summed E-state index contributed by atoms with van der Waals surface area (Å²) in [5.74, 6) is 0.519. The van der Waals surface area contributed by atoms with E-state index in [4.69, 9.17) is 0 Å². The van der Waals surface area contributed by atoms with E-state index in [0.29, 0.717) is 0 Å². The molecule has 0 atom stereocenters. The van der Waals surface area contributed by atoms with E-state index >= 15 is 0 Å². The lowest BCUT2D eigenvalue weighted by Crippen LogP contribution is -2.03. The lowest BCUT2D eigenvalue weighted by Gasteiger charge is -2.16. The SMILES string of the molecule is O=S1(=O)Cc2cc3c(cc2C1)CCCC3. The van der Waals surface area contributed by atoms with Crippen molar-refractivity contribution in [3.05, 3.63) is 34.4 Å². The quantitative estimate of drug-likeness (QED) is 0.672. The minimum absolute atomic E-state index is 0.260. The average Bonchev–Trinajstić information content (AvgIpc) is 2.46. The van der Waals surface area contributed by atoms with Crippen molar-refractivity contribution in [2.75, 3.05) is 0 Å². The fourth-order valence-corrected chi connectivity index (χ4v) is 4.27. The van der Waals surface area contributed by atoms with Crippen LogP contribution in [0.1, 0.15) is 35.1 Å². The van der Waals surface area contributed by atoms with Crippen molar-refractivity contribution in [2.24, 2.45) is 0 Å². The van der Waals surface area contributed by atoms with Crippen LogP contribution in [0.25, 0.3) is 0 Å². The molecule has 3 rings (SSSR count). The van der Waals surface area contributed by atoms with E-state index in [0.717, 1.165) is 24.0 Å². The Kier molecular flexibility index (Phi) is 1.93. The lowest BCUT2D eigenvalue weighted by atomic mass is 9.89. The summed E-state index contributed by atoms with van der Waals surface area (Å²) in [6.45, 7) is 0. The van der Waals surface area contributed by atoms with Crippen LogP contribution in [0.15, 0.2) is 12.1 Å². The van der Waals surface area contributed by atoms with Gasteiger partial charge in [0.05, 0.1) is 11.5 Å². The van der Waals surface area contributed by atoms with E-state index in [1.165, 1.54) is 24.0 Å². The molecule has 1 aliphatic heterocycles.